The molecule has 3 N–H and O–H groups in total. The van der Waals surface area contributed by atoms with Crippen LogP contribution in [0.5, 0.6) is 0 Å². The van der Waals surface area contributed by atoms with Gasteiger partial charge in [0.05, 0.1) is 0 Å². The van der Waals surface area contributed by atoms with Crippen molar-refractivity contribution in [2.75, 3.05) is 0 Å². The predicted molar refractivity (Wildman–Crippen MR) is 73.4 cm³/mol. The van der Waals surface area contributed by atoms with Crippen LogP contribution in [-0.2, 0) is 30.4 Å². The van der Waals surface area contributed by atoms with Crippen molar-refractivity contribution >= 4 is 41.1 Å². The van der Waals surface area contributed by atoms with E-state index in [-0.39, 0.29) is 5.39 Å². The third-order valence-electron chi connectivity index (χ3n) is 2.75. The predicted octanol–water partition coefficient (Wildman–Crippen LogP) is 0.580. The van der Waals surface area contributed by atoms with Crippen LogP contribution in [-0.4, -0.2) is 38.9 Å². The van der Waals surface area contributed by atoms with E-state index in [0.717, 1.165) is 24.3 Å². The molecule has 0 bridgehead atoms. The molecule has 0 aliphatic carbocycles. The second-order valence-corrected chi connectivity index (χ2v) is 8.31. The minimum Gasteiger partial charge on any atom is -0.282 e. The Bertz CT molecular complexity index is 1080. The monoisotopic (exact) mass is 368 g/mol. The molecular formula is C10H8O9S3. The minimum atomic E-state index is -5.12. The van der Waals surface area contributed by atoms with Crippen LogP contribution in [0.25, 0.3) is 10.8 Å². The smallest absolute Gasteiger partial charge is 0.282 e. The van der Waals surface area contributed by atoms with Crippen molar-refractivity contribution in [1.29, 1.82) is 0 Å². The molecule has 0 aliphatic heterocycles. The zero-order valence-electron chi connectivity index (χ0n) is 10.4. The molecule has 0 heterocycles. The lowest BCUT2D eigenvalue weighted by atomic mass is 10.1. The Morgan fingerprint density at radius 3 is 1.59 bits per heavy atom. The second-order valence-electron chi connectivity index (χ2n) is 4.17. The molecular weight excluding hydrogens is 360 g/mol. The van der Waals surface area contributed by atoms with Gasteiger partial charge in [-0.2, -0.15) is 25.3 Å². The quantitative estimate of drug-likeness (QED) is 0.657. The van der Waals surface area contributed by atoms with Gasteiger partial charge in [0.2, 0.25) is 0 Å². The number of fused-ring (bicyclic) bond motifs is 1. The summed E-state index contributed by atoms with van der Waals surface area (Å²) in [6.07, 6.45) is 0. The van der Waals surface area contributed by atoms with E-state index in [1.54, 1.807) is 0 Å². The highest BCUT2D eigenvalue weighted by Crippen LogP contribution is 2.33. The van der Waals surface area contributed by atoms with Gasteiger partial charge in [0.1, 0.15) is 14.7 Å². The van der Waals surface area contributed by atoms with Gasteiger partial charge in [0, 0.05) is 10.8 Å². The van der Waals surface area contributed by atoms with Gasteiger partial charge in [-0.15, -0.1) is 0 Å². The van der Waals surface area contributed by atoms with Crippen molar-refractivity contribution in [3.63, 3.8) is 0 Å². The number of hydrogen-bond donors (Lipinski definition) is 3. The van der Waals surface area contributed by atoms with E-state index in [9.17, 15) is 29.8 Å². The summed E-state index contributed by atoms with van der Waals surface area (Å²) in [6, 6.07) is 4.50. The summed E-state index contributed by atoms with van der Waals surface area (Å²) in [5, 5.41) is -0.835. The fourth-order valence-electron chi connectivity index (χ4n) is 1.98. The Labute approximate surface area is 125 Å². The maximum atomic E-state index is 11.4. The van der Waals surface area contributed by atoms with Crippen molar-refractivity contribution in [1.82, 2.24) is 0 Å². The van der Waals surface area contributed by atoms with Gasteiger partial charge >= 0.3 is 0 Å². The van der Waals surface area contributed by atoms with Gasteiger partial charge in [-0.3, -0.25) is 13.7 Å². The maximum absolute atomic E-state index is 11.4. The molecule has 0 atom stereocenters. The van der Waals surface area contributed by atoms with E-state index in [2.05, 4.69) is 0 Å². The molecule has 0 aromatic heterocycles. The van der Waals surface area contributed by atoms with Gasteiger partial charge in [-0.25, -0.2) is 0 Å². The van der Waals surface area contributed by atoms with Gasteiger partial charge in [-0.05, 0) is 12.1 Å². The van der Waals surface area contributed by atoms with Gasteiger partial charge in [0.25, 0.3) is 30.4 Å². The highest BCUT2D eigenvalue weighted by Gasteiger charge is 2.28. The first-order valence-corrected chi connectivity index (χ1v) is 9.63. The van der Waals surface area contributed by atoms with Crippen LogP contribution in [0, 0.1) is 0 Å². The molecule has 0 amide bonds. The van der Waals surface area contributed by atoms with Crippen LogP contribution < -0.4 is 0 Å². The average Bonchev–Trinajstić information content (AvgIpc) is 2.33. The zero-order chi connectivity index (χ0) is 16.9. The largest absolute Gasteiger partial charge is 0.296 e. The van der Waals surface area contributed by atoms with E-state index >= 15 is 0 Å². The van der Waals surface area contributed by atoms with Crippen molar-refractivity contribution in [3.8, 4) is 0 Å². The summed E-state index contributed by atoms with van der Waals surface area (Å²) >= 11 is 0. The fraction of sp³-hybridized carbons (Fsp3) is 0. The molecule has 9 nitrogen and oxygen atoms in total. The van der Waals surface area contributed by atoms with E-state index in [1.165, 1.54) is 0 Å². The summed E-state index contributed by atoms with van der Waals surface area (Å²) in [5.41, 5.74) is 0. The molecule has 12 heteroatoms. The molecule has 0 radical (unpaired) electrons. The molecule has 0 fully saturated rings. The molecule has 120 valence electrons. The maximum Gasteiger partial charge on any atom is 0.296 e. The third kappa shape index (κ3) is 2.97. The molecule has 2 aromatic rings. The van der Waals surface area contributed by atoms with Gasteiger partial charge in [-0.1, -0.05) is 18.2 Å². The Balaban J connectivity index is 3.17. The standard InChI is InChI=1S/C10H8O9S3/c11-20(12,13)8-3-1-2-7-6(8)4-5-9(21(14,15)16)10(7)22(17,18)19/h1-5H,(H,11,12,13)(H,14,15,16)(H,17,18,19). The first-order chi connectivity index (χ1) is 9.83. The zero-order valence-corrected chi connectivity index (χ0v) is 12.9. The molecule has 0 spiro atoms. The van der Waals surface area contributed by atoms with Crippen molar-refractivity contribution < 1.29 is 38.9 Å². The summed E-state index contributed by atoms with van der Waals surface area (Å²) in [4.78, 5) is -2.98. The first kappa shape index (κ1) is 16.8. The van der Waals surface area contributed by atoms with E-state index in [0.29, 0.717) is 6.07 Å². The van der Waals surface area contributed by atoms with Crippen molar-refractivity contribution in [2.24, 2.45) is 0 Å². The second kappa shape index (κ2) is 4.97. The van der Waals surface area contributed by atoms with E-state index in [1.807, 2.05) is 0 Å². The Hall–Kier alpha value is -1.57. The van der Waals surface area contributed by atoms with E-state index < -0.39 is 50.4 Å². The average molecular weight is 368 g/mol. The summed E-state index contributed by atoms with van der Waals surface area (Å²) in [7, 11) is -14.9. The van der Waals surface area contributed by atoms with Crippen LogP contribution >= 0.6 is 0 Å². The molecule has 0 saturated carbocycles. The van der Waals surface area contributed by atoms with E-state index in [4.69, 9.17) is 9.11 Å². The molecule has 0 saturated heterocycles. The number of hydrogen-bond acceptors (Lipinski definition) is 6. The lowest BCUT2D eigenvalue weighted by Gasteiger charge is -2.10. The van der Waals surface area contributed by atoms with Crippen molar-refractivity contribution in [3.05, 3.63) is 30.3 Å². The Morgan fingerprint density at radius 2 is 1.14 bits per heavy atom. The summed E-state index contributed by atoms with van der Waals surface area (Å²) in [5.74, 6) is 0. The van der Waals surface area contributed by atoms with Crippen LogP contribution in [0.2, 0.25) is 0 Å². The third-order valence-corrected chi connectivity index (χ3v) is 5.64. The lowest BCUT2D eigenvalue weighted by Crippen LogP contribution is -2.10. The Morgan fingerprint density at radius 1 is 0.591 bits per heavy atom. The van der Waals surface area contributed by atoms with Gasteiger partial charge < -0.3 is 0 Å². The minimum absolute atomic E-state index is 0.343. The lowest BCUT2D eigenvalue weighted by molar-refractivity contribution is 0.467. The van der Waals surface area contributed by atoms with Crippen LogP contribution in [0.1, 0.15) is 0 Å². The molecule has 2 aromatic carbocycles. The van der Waals surface area contributed by atoms with Crippen LogP contribution in [0.15, 0.2) is 45.0 Å². The SMILES string of the molecule is O=S(=O)(O)c1ccc2c(S(=O)(=O)O)cccc2c1S(=O)(=O)O. The van der Waals surface area contributed by atoms with Crippen molar-refractivity contribution in [2.45, 2.75) is 14.7 Å². The first-order valence-electron chi connectivity index (χ1n) is 5.31. The summed E-state index contributed by atoms with van der Waals surface area (Å²) < 4.78 is 95.3. The van der Waals surface area contributed by atoms with Crippen LogP contribution in [0.4, 0.5) is 0 Å². The Kier molecular flexibility index (Phi) is 3.80. The van der Waals surface area contributed by atoms with Gasteiger partial charge in [0.15, 0.2) is 0 Å². The normalized spacial score (nSPS) is 13.4. The summed E-state index contributed by atoms with van der Waals surface area (Å²) in [6.45, 7) is 0. The highest BCUT2D eigenvalue weighted by atomic mass is 32.2. The molecule has 0 aliphatic rings. The highest BCUT2D eigenvalue weighted by molar-refractivity contribution is 7.89. The molecule has 22 heavy (non-hydrogen) atoms. The molecule has 0 unspecified atom stereocenters. The number of benzene rings is 2. The van der Waals surface area contributed by atoms with Crippen LogP contribution in [0.3, 0.4) is 0 Å². The molecule has 2 rings (SSSR count). The topological polar surface area (TPSA) is 163 Å². The fourth-order valence-corrected chi connectivity index (χ4v) is 4.68. The number of rotatable bonds is 3.